The molecule has 0 aliphatic rings. The van der Waals surface area contributed by atoms with Crippen LogP contribution in [0.1, 0.15) is 66.2 Å². The van der Waals surface area contributed by atoms with Crippen LogP contribution in [0.2, 0.25) is 0 Å². The van der Waals surface area contributed by atoms with Gasteiger partial charge >= 0.3 is 0 Å². The third-order valence-corrected chi connectivity index (χ3v) is 9.45. The average Bonchev–Trinajstić information content (AvgIpc) is 2.56. The first-order chi connectivity index (χ1) is 10.6. The minimum atomic E-state index is -0.527. The highest BCUT2D eigenvalue weighted by atomic mass is 31.2. The Balaban J connectivity index is 0.000000518. The SMILES string of the molecule is CCCC[P+](CC)(CCCC)CCCC.O=c1cccc[nH]1. The summed E-state index contributed by atoms with van der Waals surface area (Å²) in [5.74, 6) is 0. The number of aromatic amines is 1. The molecular formula is C19H37NOP+. The van der Waals surface area contributed by atoms with Crippen LogP contribution in [0.5, 0.6) is 0 Å². The van der Waals surface area contributed by atoms with Gasteiger partial charge in [-0.05, 0) is 32.3 Å². The predicted octanol–water partition coefficient (Wildman–Crippen LogP) is 5.80. The fourth-order valence-electron chi connectivity index (χ4n) is 2.67. The molecule has 1 heterocycles. The number of hydrogen-bond acceptors (Lipinski definition) is 1. The van der Waals surface area contributed by atoms with Crippen LogP contribution < -0.4 is 5.56 Å². The lowest BCUT2D eigenvalue weighted by atomic mass is 10.4. The van der Waals surface area contributed by atoms with E-state index in [0.29, 0.717) is 0 Å². The van der Waals surface area contributed by atoms with Gasteiger partial charge in [-0.1, -0.05) is 46.1 Å². The zero-order valence-electron chi connectivity index (χ0n) is 15.2. The first kappa shape index (κ1) is 21.4. The fourth-order valence-corrected chi connectivity index (χ4v) is 7.25. The molecule has 0 fully saturated rings. The molecule has 0 bridgehead atoms. The van der Waals surface area contributed by atoms with Crippen molar-refractivity contribution in [2.24, 2.45) is 0 Å². The van der Waals surface area contributed by atoms with Gasteiger partial charge in [0.25, 0.3) is 0 Å². The summed E-state index contributed by atoms with van der Waals surface area (Å²) >= 11 is 0. The average molecular weight is 326 g/mol. The van der Waals surface area contributed by atoms with Crippen molar-refractivity contribution in [2.45, 2.75) is 66.2 Å². The second-order valence-electron chi connectivity index (χ2n) is 6.12. The van der Waals surface area contributed by atoms with Crippen molar-refractivity contribution in [1.29, 1.82) is 0 Å². The van der Waals surface area contributed by atoms with Crippen LogP contribution in [0.4, 0.5) is 0 Å². The van der Waals surface area contributed by atoms with Gasteiger partial charge < -0.3 is 4.98 Å². The number of aromatic nitrogens is 1. The smallest absolute Gasteiger partial charge is 0.247 e. The van der Waals surface area contributed by atoms with Crippen molar-refractivity contribution in [2.75, 3.05) is 24.6 Å². The molecule has 0 saturated carbocycles. The quantitative estimate of drug-likeness (QED) is 0.542. The minimum Gasteiger partial charge on any atom is -0.329 e. The molecule has 0 saturated heterocycles. The standard InChI is InChI=1S/C14H32P.C5H5NO/c1-5-9-12-15(8-4,13-10-6-2)14-11-7-3;7-5-3-1-2-4-6-5/h5-14H2,1-4H3;1-4H,(H,6,7)/q+1;. The van der Waals surface area contributed by atoms with Crippen LogP contribution in [0.15, 0.2) is 29.2 Å². The molecule has 1 N–H and O–H groups in total. The van der Waals surface area contributed by atoms with Crippen LogP contribution in [0.3, 0.4) is 0 Å². The fraction of sp³-hybridized carbons (Fsp3) is 0.737. The summed E-state index contributed by atoms with van der Waals surface area (Å²) in [6.45, 7) is 9.46. The number of unbranched alkanes of at least 4 members (excludes halogenated alkanes) is 3. The van der Waals surface area contributed by atoms with E-state index in [1.807, 2.05) is 0 Å². The highest BCUT2D eigenvalue weighted by molar-refractivity contribution is 7.75. The van der Waals surface area contributed by atoms with Gasteiger partial charge in [-0.15, -0.1) is 0 Å². The first-order valence-electron chi connectivity index (χ1n) is 9.12. The molecule has 1 rings (SSSR count). The lowest BCUT2D eigenvalue weighted by Crippen LogP contribution is -2.11. The monoisotopic (exact) mass is 326 g/mol. The Morgan fingerprint density at radius 3 is 1.59 bits per heavy atom. The highest BCUT2D eigenvalue weighted by Crippen LogP contribution is 2.60. The molecule has 22 heavy (non-hydrogen) atoms. The Bertz CT molecular complexity index is 363. The second-order valence-corrected chi connectivity index (χ2v) is 10.8. The summed E-state index contributed by atoms with van der Waals surface area (Å²) in [6.07, 6.45) is 16.5. The van der Waals surface area contributed by atoms with E-state index in [4.69, 9.17) is 0 Å². The summed E-state index contributed by atoms with van der Waals surface area (Å²) in [4.78, 5) is 12.7. The van der Waals surface area contributed by atoms with Gasteiger partial charge in [-0.2, -0.15) is 0 Å². The van der Waals surface area contributed by atoms with E-state index in [9.17, 15) is 4.79 Å². The zero-order chi connectivity index (χ0) is 16.7. The third kappa shape index (κ3) is 10.2. The minimum absolute atomic E-state index is 0.0532. The molecule has 1 aromatic rings. The van der Waals surface area contributed by atoms with E-state index in [2.05, 4.69) is 32.7 Å². The van der Waals surface area contributed by atoms with Crippen molar-refractivity contribution in [1.82, 2.24) is 4.98 Å². The van der Waals surface area contributed by atoms with E-state index in [-0.39, 0.29) is 5.56 Å². The normalized spacial score (nSPS) is 10.9. The van der Waals surface area contributed by atoms with Crippen molar-refractivity contribution in [3.63, 3.8) is 0 Å². The van der Waals surface area contributed by atoms with Crippen LogP contribution in [0, 0.1) is 0 Å². The molecule has 3 heteroatoms. The summed E-state index contributed by atoms with van der Waals surface area (Å²) < 4.78 is 0. The molecule has 0 aliphatic heterocycles. The molecule has 0 aromatic carbocycles. The van der Waals surface area contributed by atoms with E-state index in [1.165, 1.54) is 50.8 Å². The number of nitrogens with one attached hydrogen (secondary N) is 1. The van der Waals surface area contributed by atoms with Crippen LogP contribution in [-0.4, -0.2) is 29.6 Å². The van der Waals surface area contributed by atoms with Gasteiger partial charge in [0.2, 0.25) is 5.56 Å². The molecule has 1 aromatic heterocycles. The Morgan fingerprint density at radius 1 is 0.864 bits per heavy atom. The maximum Gasteiger partial charge on any atom is 0.247 e. The van der Waals surface area contributed by atoms with Gasteiger partial charge in [0.1, 0.15) is 0 Å². The Kier molecular flexibility index (Phi) is 13.6. The lowest BCUT2D eigenvalue weighted by molar-refractivity contribution is 0.834. The first-order valence-corrected chi connectivity index (χ1v) is 11.7. The predicted molar refractivity (Wildman–Crippen MR) is 104 cm³/mol. The van der Waals surface area contributed by atoms with Crippen LogP contribution >= 0.6 is 7.26 Å². The molecule has 0 unspecified atom stereocenters. The van der Waals surface area contributed by atoms with Crippen molar-refractivity contribution in [3.8, 4) is 0 Å². The highest BCUT2D eigenvalue weighted by Gasteiger charge is 2.32. The molecular weight excluding hydrogens is 289 g/mol. The molecule has 128 valence electrons. The number of pyridine rings is 1. The van der Waals surface area contributed by atoms with E-state index < -0.39 is 7.26 Å². The van der Waals surface area contributed by atoms with Gasteiger partial charge in [0.15, 0.2) is 0 Å². The largest absolute Gasteiger partial charge is 0.329 e. The number of rotatable bonds is 10. The summed E-state index contributed by atoms with van der Waals surface area (Å²) in [7, 11) is -0.527. The molecule has 0 atom stereocenters. The molecule has 0 spiro atoms. The number of H-pyrrole nitrogens is 1. The molecule has 0 radical (unpaired) electrons. The lowest BCUT2D eigenvalue weighted by Gasteiger charge is -2.26. The van der Waals surface area contributed by atoms with Gasteiger partial charge in [-0.25, -0.2) is 0 Å². The van der Waals surface area contributed by atoms with Crippen molar-refractivity contribution in [3.05, 3.63) is 34.7 Å². The molecule has 0 aliphatic carbocycles. The van der Waals surface area contributed by atoms with E-state index in [1.54, 1.807) is 36.8 Å². The van der Waals surface area contributed by atoms with Gasteiger partial charge in [0, 0.05) is 19.5 Å². The Labute approximate surface area is 138 Å². The third-order valence-electron chi connectivity index (χ3n) is 4.31. The molecule has 2 nitrogen and oxygen atoms in total. The van der Waals surface area contributed by atoms with Gasteiger partial charge in [0.05, 0.1) is 24.6 Å². The Morgan fingerprint density at radius 2 is 1.36 bits per heavy atom. The topological polar surface area (TPSA) is 32.9 Å². The molecule has 0 amide bonds. The van der Waals surface area contributed by atoms with Crippen molar-refractivity contribution >= 4 is 7.26 Å². The number of hydrogen-bond donors (Lipinski definition) is 1. The maximum absolute atomic E-state index is 10.2. The maximum atomic E-state index is 10.2. The summed E-state index contributed by atoms with van der Waals surface area (Å²) in [5, 5.41) is 0. The van der Waals surface area contributed by atoms with Gasteiger partial charge in [-0.3, -0.25) is 4.79 Å². The second kappa shape index (κ2) is 14.0. The summed E-state index contributed by atoms with van der Waals surface area (Å²) in [5.41, 5.74) is -0.0532. The summed E-state index contributed by atoms with van der Waals surface area (Å²) in [6, 6.07) is 4.93. The Hall–Kier alpha value is -0.620. The van der Waals surface area contributed by atoms with Crippen LogP contribution in [-0.2, 0) is 0 Å². The van der Waals surface area contributed by atoms with Crippen LogP contribution in [0.25, 0.3) is 0 Å². The van der Waals surface area contributed by atoms with Crippen molar-refractivity contribution < 1.29 is 0 Å². The van der Waals surface area contributed by atoms with E-state index in [0.717, 1.165) is 0 Å². The zero-order valence-corrected chi connectivity index (χ0v) is 16.1. The van der Waals surface area contributed by atoms with E-state index >= 15 is 0 Å².